The first-order valence-corrected chi connectivity index (χ1v) is 11.0. The molecule has 1 amide bonds. The van der Waals surface area contributed by atoms with Gasteiger partial charge in [0.1, 0.15) is 23.1 Å². The van der Waals surface area contributed by atoms with Crippen LogP contribution in [0.5, 0.6) is 5.75 Å². The number of aromatic nitrogens is 2. The van der Waals surface area contributed by atoms with E-state index in [4.69, 9.17) is 16.3 Å². The summed E-state index contributed by atoms with van der Waals surface area (Å²) in [6.07, 6.45) is 2.42. The highest BCUT2D eigenvalue weighted by atomic mass is 35.5. The van der Waals surface area contributed by atoms with Gasteiger partial charge in [0, 0.05) is 40.8 Å². The molecular formula is C24H20ClN3O2S. The molecule has 0 bridgehead atoms. The summed E-state index contributed by atoms with van der Waals surface area (Å²) in [7, 11) is 0. The molecule has 5 nitrogen and oxygen atoms in total. The van der Waals surface area contributed by atoms with Crippen LogP contribution in [0.1, 0.15) is 21.7 Å². The average Bonchev–Trinajstić information content (AvgIpc) is 3.30. The summed E-state index contributed by atoms with van der Waals surface area (Å²) in [5.74, 6) is 0.553. The van der Waals surface area contributed by atoms with E-state index < -0.39 is 0 Å². The van der Waals surface area contributed by atoms with Gasteiger partial charge in [0.25, 0.3) is 5.91 Å². The molecule has 4 aromatic rings. The Hall–Kier alpha value is -3.22. The number of halogens is 1. The average molecular weight is 450 g/mol. The normalized spacial score (nSPS) is 10.6. The molecule has 0 saturated carbocycles. The van der Waals surface area contributed by atoms with Crippen LogP contribution in [0.2, 0.25) is 5.02 Å². The first-order chi connectivity index (χ1) is 15.2. The van der Waals surface area contributed by atoms with Gasteiger partial charge in [0.05, 0.1) is 0 Å². The molecule has 0 unspecified atom stereocenters. The van der Waals surface area contributed by atoms with Gasteiger partial charge >= 0.3 is 0 Å². The van der Waals surface area contributed by atoms with Crippen LogP contribution in [-0.4, -0.2) is 22.4 Å². The van der Waals surface area contributed by atoms with E-state index in [1.165, 1.54) is 11.3 Å². The summed E-state index contributed by atoms with van der Waals surface area (Å²) < 4.78 is 5.89. The fourth-order valence-electron chi connectivity index (χ4n) is 2.92. The lowest BCUT2D eigenvalue weighted by molar-refractivity contribution is 0.0950. The number of carbonyl (C=O) groups excluding carboxylic acids is 1. The van der Waals surface area contributed by atoms with Crippen molar-refractivity contribution >= 4 is 28.8 Å². The van der Waals surface area contributed by atoms with Gasteiger partial charge in [-0.3, -0.25) is 9.78 Å². The van der Waals surface area contributed by atoms with E-state index in [9.17, 15) is 4.79 Å². The minimum Gasteiger partial charge on any atom is -0.489 e. The largest absolute Gasteiger partial charge is 0.489 e. The number of thiazole rings is 1. The summed E-state index contributed by atoms with van der Waals surface area (Å²) in [4.78, 5) is 21.2. The highest BCUT2D eigenvalue weighted by Crippen LogP contribution is 2.27. The van der Waals surface area contributed by atoms with Crippen molar-refractivity contribution in [3.8, 4) is 16.3 Å². The Kier molecular flexibility index (Phi) is 6.92. The van der Waals surface area contributed by atoms with Crippen LogP contribution in [0.4, 0.5) is 0 Å². The van der Waals surface area contributed by atoms with Gasteiger partial charge in [0.2, 0.25) is 0 Å². The maximum Gasteiger partial charge on any atom is 0.270 e. The third-order valence-electron chi connectivity index (χ3n) is 4.53. The van der Waals surface area contributed by atoms with Gasteiger partial charge < -0.3 is 10.1 Å². The molecule has 0 saturated heterocycles. The van der Waals surface area contributed by atoms with E-state index in [-0.39, 0.29) is 5.91 Å². The molecule has 2 heterocycles. The first-order valence-electron chi connectivity index (χ1n) is 9.79. The van der Waals surface area contributed by atoms with E-state index in [0.29, 0.717) is 30.3 Å². The highest BCUT2D eigenvalue weighted by Gasteiger charge is 2.12. The molecule has 0 radical (unpaired) electrons. The lowest BCUT2D eigenvalue weighted by Crippen LogP contribution is -2.26. The standard InChI is InChI=1S/C24H20ClN3O2S/c25-19-9-7-17(8-10-19)15-30-21-6-3-4-18(14-21)24-28-22(16-31-24)23(29)27-13-11-20-5-1-2-12-26-20/h1-10,12,14,16H,11,13,15H2,(H,27,29). The molecule has 2 aromatic heterocycles. The zero-order chi connectivity index (χ0) is 21.5. The van der Waals surface area contributed by atoms with E-state index in [1.54, 1.807) is 11.6 Å². The van der Waals surface area contributed by atoms with Crippen molar-refractivity contribution in [2.45, 2.75) is 13.0 Å². The van der Waals surface area contributed by atoms with Crippen LogP contribution in [0, 0.1) is 0 Å². The summed E-state index contributed by atoms with van der Waals surface area (Å²) in [5.41, 5.74) is 3.30. The number of amides is 1. The van der Waals surface area contributed by atoms with E-state index in [2.05, 4.69) is 15.3 Å². The van der Waals surface area contributed by atoms with Crippen molar-refractivity contribution < 1.29 is 9.53 Å². The summed E-state index contributed by atoms with van der Waals surface area (Å²) in [6.45, 7) is 0.957. The Morgan fingerprint density at radius 1 is 1.06 bits per heavy atom. The molecule has 0 atom stereocenters. The minimum absolute atomic E-state index is 0.187. The monoisotopic (exact) mass is 449 g/mol. The fourth-order valence-corrected chi connectivity index (χ4v) is 3.84. The molecule has 0 aliphatic carbocycles. The number of nitrogens with zero attached hydrogens (tertiary/aromatic N) is 2. The van der Waals surface area contributed by atoms with E-state index in [0.717, 1.165) is 27.6 Å². The summed E-state index contributed by atoms with van der Waals surface area (Å²) >= 11 is 7.35. The van der Waals surface area contributed by atoms with Crippen molar-refractivity contribution in [2.24, 2.45) is 0 Å². The van der Waals surface area contributed by atoms with Crippen LogP contribution >= 0.6 is 22.9 Å². The van der Waals surface area contributed by atoms with Crippen molar-refractivity contribution in [3.05, 3.63) is 100 Å². The number of pyridine rings is 1. The van der Waals surface area contributed by atoms with Crippen molar-refractivity contribution in [3.63, 3.8) is 0 Å². The van der Waals surface area contributed by atoms with Gasteiger partial charge in [-0.15, -0.1) is 11.3 Å². The number of carbonyl (C=O) groups is 1. The third kappa shape index (κ3) is 5.90. The van der Waals surface area contributed by atoms with Gasteiger partial charge in [-0.05, 0) is 42.0 Å². The molecule has 2 aromatic carbocycles. The number of hydrogen-bond acceptors (Lipinski definition) is 5. The SMILES string of the molecule is O=C(NCCc1ccccn1)c1csc(-c2cccc(OCc3ccc(Cl)cc3)c2)n1. The molecule has 0 fully saturated rings. The number of nitrogens with one attached hydrogen (secondary N) is 1. The molecule has 1 N–H and O–H groups in total. The van der Waals surface area contributed by atoms with Gasteiger partial charge in [0.15, 0.2) is 0 Å². The van der Waals surface area contributed by atoms with Crippen LogP contribution in [0.15, 0.2) is 78.3 Å². The van der Waals surface area contributed by atoms with Crippen molar-refractivity contribution in [1.82, 2.24) is 15.3 Å². The van der Waals surface area contributed by atoms with E-state index >= 15 is 0 Å². The number of hydrogen-bond donors (Lipinski definition) is 1. The van der Waals surface area contributed by atoms with Gasteiger partial charge in [-0.2, -0.15) is 0 Å². The Morgan fingerprint density at radius 3 is 2.74 bits per heavy atom. The third-order valence-corrected chi connectivity index (χ3v) is 5.67. The lowest BCUT2D eigenvalue weighted by Gasteiger charge is -2.07. The zero-order valence-corrected chi connectivity index (χ0v) is 18.2. The fraction of sp³-hybridized carbons (Fsp3) is 0.125. The number of benzene rings is 2. The van der Waals surface area contributed by atoms with Crippen LogP contribution < -0.4 is 10.1 Å². The second-order valence-electron chi connectivity index (χ2n) is 6.81. The van der Waals surface area contributed by atoms with Gasteiger partial charge in [-0.1, -0.05) is 41.9 Å². The second kappa shape index (κ2) is 10.2. The Labute approximate surface area is 189 Å². The quantitative estimate of drug-likeness (QED) is 0.390. The summed E-state index contributed by atoms with van der Waals surface area (Å²) in [5, 5.41) is 6.14. The molecule has 156 valence electrons. The molecule has 7 heteroatoms. The molecule has 0 aliphatic heterocycles. The number of rotatable bonds is 8. The van der Waals surface area contributed by atoms with Crippen molar-refractivity contribution in [1.29, 1.82) is 0 Å². The smallest absolute Gasteiger partial charge is 0.270 e. The van der Waals surface area contributed by atoms with Crippen LogP contribution in [-0.2, 0) is 13.0 Å². The van der Waals surface area contributed by atoms with Crippen molar-refractivity contribution in [2.75, 3.05) is 6.54 Å². The maximum atomic E-state index is 12.4. The predicted octanol–water partition coefficient (Wildman–Crippen LogP) is 5.41. The second-order valence-corrected chi connectivity index (χ2v) is 8.10. The predicted molar refractivity (Wildman–Crippen MR) is 124 cm³/mol. The molecular weight excluding hydrogens is 430 g/mol. The molecule has 4 rings (SSSR count). The number of ether oxygens (including phenoxy) is 1. The maximum absolute atomic E-state index is 12.4. The first kappa shape index (κ1) is 21.0. The van der Waals surface area contributed by atoms with Crippen LogP contribution in [0.25, 0.3) is 10.6 Å². The van der Waals surface area contributed by atoms with Gasteiger partial charge in [-0.25, -0.2) is 4.98 Å². The topological polar surface area (TPSA) is 64.1 Å². The van der Waals surface area contributed by atoms with E-state index in [1.807, 2.05) is 66.7 Å². The Balaban J connectivity index is 1.35. The minimum atomic E-state index is -0.187. The summed E-state index contributed by atoms with van der Waals surface area (Å²) in [6, 6.07) is 21.0. The lowest BCUT2D eigenvalue weighted by atomic mass is 10.2. The zero-order valence-electron chi connectivity index (χ0n) is 16.6. The molecule has 31 heavy (non-hydrogen) atoms. The highest BCUT2D eigenvalue weighted by molar-refractivity contribution is 7.13. The molecule has 0 spiro atoms. The Morgan fingerprint density at radius 2 is 1.94 bits per heavy atom. The Bertz CT molecular complexity index is 1150. The van der Waals surface area contributed by atoms with Crippen LogP contribution in [0.3, 0.4) is 0 Å². The molecule has 0 aliphatic rings.